The van der Waals surface area contributed by atoms with Crippen LogP contribution < -0.4 is 0 Å². The lowest BCUT2D eigenvalue weighted by atomic mass is 9.77. The van der Waals surface area contributed by atoms with Gasteiger partial charge in [-0.25, -0.2) is 0 Å². The molecule has 0 aromatic rings. The lowest BCUT2D eigenvalue weighted by molar-refractivity contribution is 0.137. The summed E-state index contributed by atoms with van der Waals surface area (Å²) in [7, 11) is 0. The molecule has 8 heavy (non-hydrogen) atoms. The van der Waals surface area contributed by atoms with Crippen molar-refractivity contribution < 1.29 is 5.11 Å². The van der Waals surface area contributed by atoms with Crippen molar-refractivity contribution >= 4 is 0 Å². The van der Waals surface area contributed by atoms with Gasteiger partial charge < -0.3 is 5.11 Å². The molecule has 0 radical (unpaired) electrons. The third kappa shape index (κ3) is 1.03. The number of hydrogen-bond donors (Lipinski definition) is 1. The molecule has 1 fully saturated rings. The first-order valence-electron chi connectivity index (χ1n) is 3.45. The van der Waals surface area contributed by atoms with Gasteiger partial charge in [-0.05, 0) is 11.8 Å². The molecule has 0 unspecified atom stereocenters. The minimum atomic E-state index is 0.380. The van der Waals surface area contributed by atoms with Crippen LogP contribution in [-0.4, -0.2) is 11.7 Å². The Morgan fingerprint density at radius 1 is 1.62 bits per heavy atom. The van der Waals surface area contributed by atoms with Crippen LogP contribution in [0.25, 0.3) is 0 Å². The van der Waals surface area contributed by atoms with Crippen LogP contribution in [0.1, 0.15) is 26.2 Å². The molecule has 1 nitrogen and oxygen atoms in total. The van der Waals surface area contributed by atoms with E-state index in [9.17, 15) is 0 Å². The van der Waals surface area contributed by atoms with Gasteiger partial charge in [-0.3, -0.25) is 0 Å². The molecule has 0 amide bonds. The molecular weight excluding hydrogens is 100 g/mol. The van der Waals surface area contributed by atoms with Crippen molar-refractivity contribution in [1.82, 2.24) is 0 Å². The molecule has 0 aromatic heterocycles. The molecule has 1 rings (SSSR count). The molecule has 1 saturated carbocycles. The predicted octanol–water partition coefficient (Wildman–Crippen LogP) is 1.41. The molecule has 0 heterocycles. The fourth-order valence-electron chi connectivity index (χ4n) is 1.16. The second-order valence-corrected chi connectivity index (χ2v) is 2.85. The zero-order chi connectivity index (χ0) is 5.98. The molecule has 1 atom stereocenters. The Morgan fingerprint density at radius 3 is 2.38 bits per heavy atom. The van der Waals surface area contributed by atoms with Crippen molar-refractivity contribution in [2.75, 3.05) is 6.61 Å². The summed E-state index contributed by atoms with van der Waals surface area (Å²) in [5.41, 5.74) is 0. The summed E-state index contributed by atoms with van der Waals surface area (Å²) in [5.74, 6) is 1.41. The summed E-state index contributed by atoms with van der Waals surface area (Å²) in [6.45, 7) is 2.51. The Morgan fingerprint density at radius 2 is 2.25 bits per heavy atom. The third-order valence-electron chi connectivity index (χ3n) is 2.24. The van der Waals surface area contributed by atoms with E-state index in [0.717, 1.165) is 5.92 Å². The first kappa shape index (κ1) is 6.09. The Labute approximate surface area is 50.7 Å². The number of aliphatic hydroxyl groups excluding tert-OH is 1. The highest BCUT2D eigenvalue weighted by Gasteiger charge is 2.22. The van der Waals surface area contributed by atoms with E-state index in [1.807, 2.05) is 0 Å². The van der Waals surface area contributed by atoms with Crippen molar-refractivity contribution in [2.45, 2.75) is 26.2 Å². The molecule has 0 saturated heterocycles. The van der Waals surface area contributed by atoms with E-state index in [-0.39, 0.29) is 0 Å². The van der Waals surface area contributed by atoms with Crippen LogP contribution in [-0.2, 0) is 0 Å². The molecule has 1 heteroatoms. The molecular formula is C7H14O. The van der Waals surface area contributed by atoms with Gasteiger partial charge in [0.05, 0.1) is 0 Å². The van der Waals surface area contributed by atoms with Crippen LogP contribution in [0.3, 0.4) is 0 Å². The topological polar surface area (TPSA) is 20.2 Å². The average molecular weight is 114 g/mol. The zero-order valence-corrected chi connectivity index (χ0v) is 5.43. The predicted molar refractivity (Wildman–Crippen MR) is 33.6 cm³/mol. The number of hydrogen-bond acceptors (Lipinski definition) is 1. The van der Waals surface area contributed by atoms with Gasteiger partial charge in [-0.15, -0.1) is 0 Å². The maximum absolute atomic E-state index is 8.67. The monoisotopic (exact) mass is 114 g/mol. The Kier molecular flexibility index (Phi) is 1.90. The van der Waals surface area contributed by atoms with Crippen LogP contribution in [0.4, 0.5) is 0 Å². The fourth-order valence-corrected chi connectivity index (χ4v) is 1.16. The lowest BCUT2D eigenvalue weighted by Gasteiger charge is -2.29. The van der Waals surface area contributed by atoms with Gasteiger partial charge in [0, 0.05) is 6.61 Å². The van der Waals surface area contributed by atoms with Gasteiger partial charge in [0.1, 0.15) is 0 Å². The highest BCUT2D eigenvalue weighted by Crippen LogP contribution is 2.32. The fraction of sp³-hybridized carbons (Fsp3) is 1.00. The molecule has 0 bridgehead atoms. The minimum absolute atomic E-state index is 0.380. The highest BCUT2D eigenvalue weighted by atomic mass is 16.3. The lowest BCUT2D eigenvalue weighted by Crippen LogP contribution is -2.21. The summed E-state index contributed by atoms with van der Waals surface area (Å²) >= 11 is 0. The molecule has 0 spiro atoms. The van der Waals surface area contributed by atoms with Crippen molar-refractivity contribution in [2.24, 2.45) is 11.8 Å². The van der Waals surface area contributed by atoms with Gasteiger partial charge in [-0.1, -0.05) is 26.2 Å². The Balaban J connectivity index is 2.13. The van der Waals surface area contributed by atoms with Gasteiger partial charge in [0.25, 0.3) is 0 Å². The molecule has 1 aliphatic rings. The van der Waals surface area contributed by atoms with Crippen LogP contribution in [0.2, 0.25) is 0 Å². The van der Waals surface area contributed by atoms with Crippen molar-refractivity contribution in [3.8, 4) is 0 Å². The summed E-state index contributed by atoms with van der Waals surface area (Å²) in [5, 5.41) is 8.67. The van der Waals surface area contributed by atoms with Crippen molar-refractivity contribution in [3.05, 3.63) is 0 Å². The highest BCUT2D eigenvalue weighted by molar-refractivity contribution is 4.73. The zero-order valence-electron chi connectivity index (χ0n) is 5.43. The molecule has 1 N–H and O–H groups in total. The largest absolute Gasteiger partial charge is 0.396 e. The van der Waals surface area contributed by atoms with E-state index in [0.29, 0.717) is 12.5 Å². The summed E-state index contributed by atoms with van der Waals surface area (Å²) in [6.07, 6.45) is 4.08. The first-order chi connectivity index (χ1) is 3.84. The summed E-state index contributed by atoms with van der Waals surface area (Å²) in [6, 6.07) is 0. The van der Waals surface area contributed by atoms with Gasteiger partial charge in [0.2, 0.25) is 0 Å². The van der Waals surface area contributed by atoms with E-state index >= 15 is 0 Å². The Bertz CT molecular complexity index is 64.0. The van der Waals surface area contributed by atoms with Crippen molar-refractivity contribution in [1.29, 1.82) is 0 Å². The molecule has 1 aliphatic carbocycles. The van der Waals surface area contributed by atoms with Gasteiger partial charge in [-0.2, -0.15) is 0 Å². The Hall–Kier alpha value is -0.0400. The third-order valence-corrected chi connectivity index (χ3v) is 2.24. The van der Waals surface area contributed by atoms with Crippen LogP contribution >= 0.6 is 0 Å². The van der Waals surface area contributed by atoms with E-state index in [1.165, 1.54) is 19.3 Å². The first-order valence-corrected chi connectivity index (χ1v) is 3.45. The van der Waals surface area contributed by atoms with E-state index in [4.69, 9.17) is 5.11 Å². The van der Waals surface area contributed by atoms with Crippen LogP contribution in [0.5, 0.6) is 0 Å². The number of aliphatic hydroxyl groups is 1. The molecule has 0 aromatic carbocycles. The minimum Gasteiger partial charge on any atom is -0.396 e. The summed E-state index contributed by atoms with van der Waals surface area (Å²) in [4.78, 5) is 0. The number of rotatable bonds is 2. The molecule has 0 aliphatic heterocycles. The van der Waals surface area contributed by atoms with E-state index < -0.39 is 0 Å². The second kappa shape index (κ2) is 2.49. The normalized spacial score (nSPS) is 24.8. The average Bonchev–Trinajstić information content (AvgIpc) is 1.62. The summed E-state index contributed by atoms with van der Waals surface area (Å²) < 4.78 is 0. The van der Waals surface area contributed by atoms with Gasteiger partial charge >= 0.3 is 0 Å². The van der Waals surface area contributed by atoms with Gasteiger partial charge in [0.15, 0.2) is 0 Å². The van der Waals surface area contributed by atoms with Crippen LogP contribution in [0.15, 0.2) is 0 Å². The maximum Gasteiger partial charge on any atom is 0.0459 e. The van der Waals surface area contributed by atoms with Crippen molar-refractivity contribution in [3.63, 3.8) is 0 Å². The smallest absolute Gasteiger partial charge is 0.0459 e. The second-order valence-electron chi connectivity index (χ2n) is 2.85. The maximum atomic E-state index is 8.67. The molecule has 48 valence electrons. The standard InChI is InChI=1S/C7H14O/c1-6(5-8)7-3-2-4-7/h6-8H,2-5H2,1H3/t6-/m0/s1. The van der Waals surface area contributed by atoms with E-state index in [2.05, 4.69) is 6.92 Å². The SMILES string of the molecule is C[C@@H](CO)C1CCC1. The van der Waals surface area contributed by atoms with Crippen LogP contribution in [0, 0.1) is 11.8 Å². The van der Waals surface area contributed by atoms with E-state index in [1.54, 1.807) is 0 Å². The quantitative estimate of drug-likeness (QED) is 0.575.